The Morgan fingerprint density at radius 2 is 2.13 bits per heavy atom. The molecule has 82 valence electrons. The van der Waals surface area contributed by atoms with Gasteiger partial charge in [-0.3, -0.25) is 0 Å². The van der Waals surface area contributed by atoms with Crippen molar-refractivity contribution >= 4 is 13.3 Å². The molecule has 0 unspecified atom stereocenters. The van der Waals surface area contributed by atoms with Gasteiger partial charge in [-0.05, 0) is 11.0 Å². The van der Waals surface area contributed by atoms with Crippen LogP contribution in [-0.2, 0) is 6.54 Å². The number of alkyl halides is 3. The number of halogens is 3. The van der Waals surface area contributed by atoms with E-state index in [9.17, 15) is 13.2 Å². The number of ether oxygens (including phenoxy) is 1. The third kappa shape index (κ3) is 3.79. The molecule has 1 heterocycles. The fourth-order valence-corrected chi connectivity index (χ4v) is 1.03. The smallest absolute Gasteiger partial charge is 0.422 e. The van der Waals surface area contributed by atoms with Crippen LogP contribution < -0.4 is 15.9 Å². The third-order valence-corrected chi connectivity index (χ3v) is 1.70. The molecule has 1 aromatic heterocycles. The van der Waals surface area contributed by atoms with Gasteiger partial charge in [-0.15, -0.1) is 0 Å². The van der Waals surface area contributed by atoms with E-state index in [4.69, 9.17) is 5.73 Å². The van der Waals surface area contributed by atoms with Crippen LogP contribution in [0.15, 0.2) is 12.3 Å². The molecule has 1 aromatic rings. The van der Waals surface area contributed by atoms with E-state index in [1.807, 2.05) is 0 Å². The van der Waals surface area contributed by atoms with Crippen LogP contribution in [0.1, 0.15) is 5.56 Å². The Balaban J connectivity index is 2.70. The number of aromatic nitrogens is 1. The van der Waals surface area contributed by atoms with Gasteiger partial charge in [0.25, 0.3) is 0 Å². The second-order valence-corrected chi connectivity index (χ2v) is 3.07. The van der Waals surface area contributed by atoms with E-state index in [1.54, 1.807) is 13.9 Å². The van der Waals surface area contributed by atoms with E-state index >= 15 is 0 Å². The Labute approximate surface area is 85.8 Å². The van der Waals surface area contributed by atoms with Gasteiger partial charge >= 0.3 is 6.18 Å². The minimum Gasteiger partial charge on any atom is -0.468 e. The quantitative estimate of drug-likeness (QED) is 0.711. The minimum absolute atomic E-state index is 0.00970. The summed E-state index contributed by atoms with van der Waals surface area (Å²) < 4.78 is 40.1. The summed E-state index contributed by atoms with van der Waals surface area (Å²) >= 11 is 0. The van der Waals surface area contributed by atoms with Gasteiger partial charge in [0.15, 0.2) is 6.61 Å². The molecule has 0 spiro atoms. The largest absolute Gasteiger partial charge is 0.468 e. The van der Waals surface area contributed by atoms with Crippen LogP contribution >= 0.6 is 0 Å². The van der Waals surface area contributed by atoms with Gasteiger partial charge in [-0.25, -0.2) is 4.98 Å². The zero-order valence-electron chi connectivity index (χ0n) is 8.14. The van der Waals surface area contributed by atoms with Crippen LogP contribution in [0.2, 0.25) is 0 Å². The predicted molar refractivity (Wildman–Crippen MR) is 51.9 cm³/mol. The van der Waals surface area contributed by atoms with Gasteiger partial charge in [0.2, 0.25) is 5.88 Å². The summed E-state index contributed by atoms with van der Waals surface area (Å²) in [4.78, 5) is 3.75. The van der Waals surface area contributed by atoms with Crippen LogP contribution in [0, 0.1) is 0 Å². The van der Waals surface area contributed by atoms with Crippen molar-refractivity contribution < 1.29 is 17.9 Å². The lowest BCUT2D eigenvalue weighted by atomic mass is 9.96. The highest BCUT2D eigenvalue weighted by molar-refractivity contribution is 6.34. The molecule has 0 amide bonds. The van der Waals surface area contributed by atoms with Crippen LogP contribution in [-0.4, -0.2) is 25.6 Å². The maximum absolute atomic E-state index is 11.8. The molecule has 3 nitrogen and oxygen atoms in total. The van der Waals surface area contributed by atoms with Crippen molar-refractivity contribution in [3.05, 3.63) is 17.8 Å². The van der Waals surface area contributed by atoms with E-state index in [0.29, 0.717) is 12.0 Å². The Bertz CT molecular complexity index is 343. The number of pyridine rings is 1. The van der Waals surface area contributed by atoms with Crippen LogP contribution in [0.3, 0.4) is 0 Å². The molecule has 0 aliphatic rings. The predicted octanol–water partition coefficient (Wildman–Crippen LogP) is -0.260. The molecule has 0 saturated carbocycles. The van der Waals surface area contributed by atoms with Gasteiger partial charge < -0.3 is 10.5 Å². The Kier molecular flexibility index (Phi) is 3.57. The Morgan fingerprint density at radius 3 is 2.60 bits per heavy atom. The summed E-state index contributed by atoms with van der Waals surface area (Å²) in [5, 5.41) is 0. The van der Waals surface area contributed by atoms with E-state index in [-0.39, 0.29) is 5.88 Å². The van der Waals surface area contributed by atoms with Crippen molar-refractivity contribution in [1.82, 2.24) is 4.98 Å². The maximum atomic E-state index is 11.8. The summed E-state index contributed by atoms with van der Waals surface area (Å²) in [7, 11) is 1.62. The summed E-state index contributed by atoms with van der Waals surface area (Å²) in [6.45, 7) is -1.03. The van der Waals surface area contributed by atoms with Gasteiger partial charge in [-0.1, -0.05) is 6.07 Å². The molecule has 0 aliphatic carbocycles. The first-order chi connectivity index (χ1) is 6.92. The Morgan fingerprint density at radius 1 is 1.47 bits per heavy atom. The molecule has 1 rings (SSSR count). The first kappa shape index (κ1) is 11.8. The van der Waals surface area contributed by atoms with Crippen molar-refractivity contribution in [1.29, 1.82) is 0 Å². The molecule has 0 aromatic carbocycles. The molecule has 2 N–H and O–H groups in total. The van der Waals surface area contributed by atoms with Crippen molar-refractivity contribution in [2.24, 2.45) is 5.73 Å². The monoisotopic (exact) mass is 218 g/mol. The van der Waals surface area contributed by atoms with E-state index < -0.39 is 12.8 Å². The molecule has 0 radical (unpaired) electrons. The number of rotatable bonds is 3. The molecule has 15 heavy (non-hydrogen) atoms. The first-order valence-electron chi connectivity index (χ1n) is 4.27. The van der Waals surface area contributed by atoms with Crippen LogP contribution in [0.25, 0.3) is 0 Å². The van der Waals surface area contributed by atoms with Crippen molar-refractivity contribution in [2.45, 2.75) is 12.7 Å². The molecular formula is C8H10BF3N2O. The van der Waals surface area contributed by atoms with Crippen LogP contribution in [0.5, 0.6) is 5.88 Å². The summed E-state index contributed by atoms with van der Waals surface area (Å²) in [5.41, 5.74) is 6.65. The average molecular weight is 218 g/mol. The lowest BCUT2D eigenvalue weighted by molar-refractivity contribution is -0.153. The number of hydrogen-bond acceptors (Lipinski definition) is 3. The highest BCUT2D eigenvalue weighted by atomic mass is 19.4. The zero-order valence-corrected chi connectivity index (χ0v) is 8.14. The highest BCUT2D eigenvalue weighted by Gasteiger charge is 2.28. The van der Waals surface area contributed by atoms with Gasteiger partial charge in [0, 0.05) is 12.7 Å². The molecule has 0 atom stereocenters. The standard InChI is InChI=1S/C8H10BF3N2O/c9-6-1-5(2-13)3-14-7(6)15-4-8(10,11)12/h1,3H,2,4,9,13H2. The van der Waals surface area contributed by atoms with Gasteiger partial charge in [0.05, 0.1) is 0 Å². The topological polar surface area (TPSA) is 48.1 Å². The van der Waals surface area contributed by atoms with E-state index in [2.05, 4.69) is 9.72 Å². The van der Waals surface area contributed by atoms with Crippen LogP contribution in [0.4, 0.5) is 13.2 Å². The van der Waals surface area contributed by atoms with Crippen molar-refractivity contribution in [2.75, 3.05) is 6.61 Å². The molecule has 7 heteroatoms. The maximum Gasteiger partial charge on any atom is 0.422 e. The SMILES string of the molecule is Bc1cc(CN)cnc1OCC(F)(F)F. The Hall–Kier alpha value is -1.24. The third-order valence-electron chi connectivity index (χ3n) is 1.70. The van der Waals surface area contributed by atoms with E-state index in [0.717, 1.165) is 5.56 Å². The number of nitrogens with zero attached hydrogens (tertiary/aromatic N) is 1. The fraction of sp³-hybridized carbons (Fsp3) is 0.375. The molecule has 0 bridgehead atoms. The second kappa shape index (κ2) is 4.52. The van der Waals surface area contributed by atoms with Gasteiger partial charge in [0.1, 0.15) is 7.85 Å². The fourth-order valence-electron chi connectivity index (χ4n) is 1.03. The first-order valence-corrected chi connectivity index (χ1v) is 4.27. The van der Waals surface area contributed by atoms with Crippen molar-refractivity contribution in [3.63, 3.8) is 0 Å². The minimum atomic E-state index is -4.35. The molecule has 0 saturated heterocycles. The van der Waals surface area contributed by atoms with Gasteiger partial charge in [-0.2, -0.15) is 13.2 Å². The number of nitrogens with two attached hydrogens (primary N) is 1. The van der Waals surface area contributed by atoms with Crippen molar-refractivity contribution in [3.8, 4) is 5.88 Å². The molecule has 0 fully saturated rings. The lowest BCUT2D eigenvalue weighted by Crippen LogP contribution is -2.23. The summed E-state index contributed by atoms with van der Waals surface area (Å²) in [6, 6.07) is 1.65. The normalized spacial score (nSPS) is 11.5. The van der Waals surface area contributed by atoms with E-state index in [1.165, 1.54) is 6.20 Å². The highest BCUT2D eigenvalue weighted by Crippen LogP contribution is 2.15. The lowest BCUT2D eigenvalue weighted by Gasteiger charge is -2.10. The molecular weight excluding hydrogens is 208 g/mol. The molecule has 0 aliphatic heterocycles. The summed E-state index contributed by atoms with van der Waals surface area (Å²) in [5.74, 6) is -0.00970. The summed E-state index contributed by atoms with van der Waals surface area (Å²) in [6.07, 6.45) is -2.95. The second-order valence-electron chi connectivity index (χ2n) is 3.07. The average Bonchev–Trinajstić information content (AvgIpc) is 2.14. The number of hydrogen-bond donors (Lipinski definition) is 1. The zero-order chi connectivity index (χ0) is 11.5.